The number of aromatic nitrogens is 2. The molecular weight excluding hydrogens is 342 g/mol. The van der Waals surface area contributed by atoms with Crippen molar-refractivity contribution < 1.29 is 9.59 Å². The van der Waals surface area contributed by atoms with Gasteiger partial charge in [-0.15, -0.1) is 0 Å². The first-order valence-corrected chi connectivity index (χ1v) is 9.37. The van der Waals surface area contributed by atoms with Gasteiger partial charge in [-0.05, 0) is 18.9 Å². The normalized spacial score (nSPS) is 17.8. The second-order valence-corrected chi connectivity index (χ2v) is 6.99. The maximum absolute atomic E-state index is 12.6. The molecule has 1 aliphatic rings. The third-order valence-electron chi connectivity index (χ3n) is 5.11. The number of imidazole rings is 1. The number of benzene rings is 1. The number of primary amides is 1. The molecule has 0 spiro atoms. The number of carbonyl (C=O) groups is 2. The van der Waals surface area contributed by atoms with Crippen molar-refractivity contribution in [2.75, 3.05) is 19.6 Å². The standard InChI is InChI=1S/C20H27N5O2/c1-16-22-9-11-23(16)10-5-8-19(26)25-13-12-24(18(15-25)20(21)27)14-17-6-3-2-4-7-17/h2-4,6-7,9,11,18H,5,8,10,12-15H2,1H3,(H2,21,27). The summed E-state index contributed by atoms with van der Waals surface area (Å²) in [5.41, 5.74) is 6.76. The van der Waals surface area contributed by atoms with Gasteiger partial charge >= 0.3 is 0 Å². The molecule has 2 amide bonds. The summed E-state index contributed by atoms with van der Waals surface area (Å²) in [6, 6.07) is 9.56. The van der Waals surface area contributed by atoms with Crippen molar-refractivity contribution >= 4 is 11.8 Å². The van der Waals surface area contributed by atoms with Crippen molar-refractivity contribution in [1.82, 2.24) is 19.4 Å². The Kier molecular flexibility index (Phi) is 6.24. The van der Waals surface area contributed by atoms with E-state index in [9.17, 15) is 9.59 Å². The topological polar surface area (TPSA) is 84.5 Å². The molecule has 2 N–H and O–H groups in total. The molecule has 1 aromatic carbocycles. The van der Waals surface area contributed by atoms with Crippen LogP contribution in [-0.4, -0.2) is 56.8 Å². The van der Waals surface area contributed by atoms with Crippen LogP contribution in [0.3, 0.4) is 0 Å². The predicted molar refractivity (Wildman–Crippen MR) is 103 cm³/mol. The number of aryl methyl sites for hydroxylation is 2. The first-order valence-electron chi connectivity index (χ1n) is 9.37. The van der Waals surface area contributed by atoms with Crippen LogP contribution in [0.1, 0.15) is 24.2 Å². The highest BCUT2D eigenvalue weighted by Crippen LogP contribution is 2.15. The second kappa shape index (κ2) is 8.81. The van der Waals surface area contributed by atoms with Gasteiger partial charge in [0.1, 0.15) is 11.9 Å². The number of rotatable bonds is 7. The minimum absolute atomic E-state index is 0.0818. The van der Waals surface area contributed by atoms with Gasteiger partial charge < -0.3 is 15.2 Å². The first-order chi connectivity index (χ1) is 13.0. The second-order valence-electron chi connectivity index (χ2n) is 6.99. The number of hydrogen-bond acceptors (Lipinski definition) is 4. The van der Waals surface area contributed by atoms with Crippen LogP contribution in [0.15, 0.2) is 42.7 Å². The van der Waals surface area contributed by atoms with Gasteiger partial charge in [0.2, 0.25) is 11.8 Å². The van der Waals surface area contributed by atoms with E-state index in [0.29, 0.717) is 32.6 Å². The summed E-state index contributed by atoms with van der Waals surface area (Å²) in [7, 11) is 0. The molecule has 27 heavy (non-hydrogen) atoms. The summed E-state index contributed by atoms with van der Waals surface area (Å²) in [6.07, 6.45) is 4.90. The Bertz CT molecular complexity index is 774. The van der Waals surface area contributed by atoms with E-state index in [4.69, 9.17) is 5.73 Å². The van der Waals surface area contributed by atoms with E-state index < -0.39 is 6.04 Å². The molecule has 1 aliphatic heterocycles. The summed E-state index contributed by atoms with van der Waals surface area (Å²) < 4.78 is 2.04. The van der Waals surface area contributed by atoms with E-state index in [1.165, 1.54) is 0 Å². The first kappa shape index (κ1) is 19.1. The summed E-state index contributed by atoms with van der Waals surface area (Å²) in [5.74, 6) is 0.654. The SMILES string of the molecule is Cc1nccn1CCCC(=O)N1CCN(Cc2ccccc2)C(C(N)=O)C1. The van der Waals surface area contributed by atoms with Gasteiger partial charge in [0.05, 0.1) is 0 Å². The van der Waals surface area contributed by atoms with Crippen LogP contribution in [-0.2, 0) is 22.7 Å². The van der Waals surface area contributed by atoms with E-state index in [1.807, 2.05) is 48.0 Å². The van der Waals surface area contributed by atoms with Gasteiger partial charge in [-0.2, -0.15) is 0 Å². The van der Waals surface area contributed by atoms with E-state index in [1.54, 1.807) is 11.1 Å². The zero-order chi connectivity index (χ0) is 19.2. The maximum Gasteiger partial charge on any atom is 0.236 e. The average Bonchev–Trinajstić information content (AvgIpc) is 3.07. The van der Waals surface area contributed by atoms with E-state index in [0.717, 1.165) is 24.4 Å². The third kappa shape index (κ3) is 4.95. The average molecular weight is 369 g/mol. The van der Waals surface area contributed by atoms with Gasteiger partial charge in [-0.25, -0.2) is 4.98 Å². The summed E-state index contributed by atoms with van der Waals surface area (Å²) in [4.78, 5) is 32.6. The fraction of sp³-hybridized carbons (Fsp3) is 0.450. The lowest BCUT2D eigenvalue weighted by Crippen LogP contribution is -2.58. The van der Waals surface area contributed by atoms with E-state index in [2.05, 4.69) is 9.88 Å². The van der Waals surface area contributed by atoms with Gasteiger partial charge in [-0.1, -0.05) is 30.3 Å². The molecule has 1 fully saturated rings. The Morgan fingerprint density at radius 1 is 1.22 bits per heavy atom. The molecule has 2 heterocycles. The molecule has 0 aliphatic carbocycles. The molecule has 3 rings (SSSR count). The van der Waals surface area contributed by atoms with Gasteiger partial charge in [0.25, 0.3) is 0 Å². The number of piperazine rings is 1. The van der Waals surface area contributed by atoms with Crippen LogP contribution < -0.4 is 5.73 Å². The fourth-order valence-corrected chi connectivity index (χ4v) is 3.52. The number of carbonyl (C=O) groups excluding carboxylic acids is 2. The minimum Gasteiger partial charge on any atom is -0.368 e. The molecule has 7 nitrogen and oxygen atoms in total. The van der Waals surface area contributed by atoms with Crippen LogP contribution in [0.2, 0.25) is 0 Å². The smallest absolute Gasteiger partial charge is 0.236 e. The molecule has 2 aromatic rings. The molecule has 144 valence electrons. The Balaban J connectivity index is 1.53. The lowest BCUT2D eigenvalue weighted by molar-refractivity contribution is -0.137. The Labute approximate surface area is 159 Å². The summed E-state index contributed by atoms with van der Waals surface area (Å²) >= 11 is 0. The Hall–Kier alpha value is -2.67. The van der Waals surface area contributed by atoms with Crippen molar-refractivity contribution in [3.63, 3.8) is 0 Å². The molecule has 7 heteroatoms. The van der Waals surface area contributed by atoms with Crippen LogP contribution in [0, 0.1) is 6.92 Å². The summed E-state index contributed by atoms with van der Waals surface area (Å²) in [6.45, 7) is 5.02. The Morgan fingerprint density at radius 3 is 2.67 bits per heavy atom. The monoisotopic (exact) mass is 369 g/mol. The molecule has 1 unspecified atom stereocenters. The lowest BCUT2D eigenvalue weighted by atomic mass is 10.1. The quantitative estimate of drug-likeness (QED) is 0.794. The summed E-state index contributed by atoms with van der Waals surface area (Å²) in [5, 5.41) is 0. The number of hydrogen-bond donors (Lipinski definition) is 1. The number of nitrogens with zero attached hydrogens (tertiary/aromatic N) is 4. The van der Waals surface area contributed by atoms with E-state index >= 15 is 0 Å². The molecule has 0 saturated carbocycles. The largest absolute Gasteiger partial charge is 0.368 e. The van der Waals surface area contributed by atoms with Crippen molar-refractivity contribution in [2.24, 2.45) is 5.73 Å². The minimum atomic E-state index is -0.446. The van der Waals surface area contributed by atoms with Crippen molar-refractivity contribution in [2.45, 2.75) is 38.9 Å². The van der Waals surface area contributed by atoms with Crippen molar-refractivity contribution in [1.29, 1.82) is 0 Å². The zero-order valence-corrected chi connectivity index (χ0v) is 15.8. The van der Waals surface area contributed by atoms with Crippen LogP contribution in [0.5, 0.6) is 0 Å². The zero-order valence-electron chi connectivity index (χ0n) is 15.8. The molecule has 1 atom stereocenters. The highest BCUT2D eigenvalue weighted by molar-refractivity contribution is 5.82. The van der Waals surface area contributed by atoms with Crippen LogP contribution in [0.4, 0.5) is 0 Å². The third-order valence-corrected chi connectivity index (χ3v) is 5.11. The van der Waals surface area contributed by atoms with Crippen LogP contribution >= 0.6 is 0 Å². The fourth-order valence-electron chi connectivity index (χ4n) is 3.52. The predicted octanol–water partition coefficient (Wildman–Crippen LogP) is 1.17. The molecule has 1 saturated heterocycles. The maximum atomic E-state index is 12.6. The molecule has 0 radical (unpaired) electrons. The molecule has 0 bridgehead atoms. The highest BCUT2D eigenvalue weighted by atomic mass is 16.2. The number of nitrogens with two attached hydrogens (primary N) is 1. The highest BCUT2D eigenvalue weighted by Gasteiger charge is 2.32. The van der Waals surface area contributed by atoms with Gasteiger partial charge in [0.15, 0.2) is 0 Å². The van der Waals surface area contributed by atoms with Gasteiger partial charge in [-0.3, -0.25) is 14.5 Å². The van der Waals surface area contributed by atoms with Crippen LogP contribution in [0.25, 0.3) is 0 Å². The Morgan fingerprint density at radius 2 is 2.00 bits per heavy atom. The lowest BCUT2D eigenvalue weighted by Gasteiger charge is -2.40. The number of amides is 2. The molecular formula is C20H27N5O2. The van der Waals surface area contributed by atoms with Crippen molar-refractivity contribution in [3.8, 4) is 0 Å². The van der Waals surface area contributed by atoms with E-state index in [-0.39, 0.29) is 11.8 Å². The van der Waals surface area contributed by atoms with Crippen molar-refractivity contribution in [3.05, 3.63) is 54.1 Å². The van der Waals surface area contributed by atoms with Gasteiger partial charge in [0, 0.05) is 51.5 Å². The molecule has 1 aromatic heterocycles.